The molecule has 0 saturated heterocycles. The molecule has 0 saturated carbocycles. The van der Waals surface area contributed by atoms with Gasteiger partial charge in [0.25, 0.3) is 0 Å². The van der Waals surface area contributed by atoms with Gasteiger partial charge >= 0.3 is 0 Å². The summed E-state index contributed by atoms with van der Waals surface area (Å²) in [5.41, 5.74) is 2.49. The summed E-state index contributed by atoms with van der Waals surface area (Å²) in [6, 6.07) is 8.59. The monoisotopic (exact) mass is 307 g/mol. The number of aromatic nitrogens is 3. The molecule has 0 unspecified atom stereocenters. The minimum absolute atomic E-state index is 0.743. The van der Waals surface area contributed by atoms with Crippen LogP contribution in [0.2, 0.25) is 0 Å². The first kappa shape index (κ1) is 13.3. The smallest absolute Gasteiger partial charge is 0.163 e. The van der Waals surface area contributed by atoms with Gasteiger partial charge in [0.1, 0.15) is 5.82 Å². The number of aryl methyl sites for hydroxylation is 1. The number of benzene rings is 1. The van der Waals surface area contributed by atoms with Gasteiger partial charge in [-0.3, -0.25) is 0 Å². The topological polar surface area (TPSA) is 30.7 Å². The van der Waals surface area contributed by atoms with Gasteiger partial charge in [-0.1, -0.05) is 54.0 Å². The molecule has 4 heteroatoms. The van der Waals surface area contributed by atoms with E-state index in [1.807, 2.05) is 0 Å². The van der Waals surface area contributed by atoms with Gasteiger partial charge in [0.15, 0.2) is 5.82 Å². The number of nitrogens with zero attached hydrogens (tertiary/aromatic N) is 3. The molecule has 0 fully saturated rings. The Kier molecular flexibility index (Phi) is 4.53. The second-order valence-electron chi connectivity index (χ2n) is 4.28. The molecule has 0 N–H and O–H groups in total. The third kappa shape index (κ3) is 2.64. The Morgan fingerprint density at radius 2 is 1.83 bits per heavy atom. The molecular formula is C14H18BrN3. The van der Waals surface area contributed by atoms with Gasteiger partial charge in [-0.2, -0.15) is 0 Å². The molecule has 0 radical (unpaired) electrons. The van der Waals surface area contributed by atoms with E-state index < -0.39 is 0 Å². The van der Waals surface area contributed by atoms with E-state index in [2.05, 4.69) is 68.8 Å². The molecule has 0 aliphatic rings. The van der Waals surface area contributed by atoms with E-state index >= 15 is 0 Å². The zero-order valence-corrected chi connectivity index (χ0v) is 12.4. The van der Waals surface area contributed by atoms with Crippen LogP contribution in [0.5, 0.6) is 0 Å². The van der Waals surface area contributed by atoms with E-state index in [4.69, 9.17) is 0 Å². The number of halogens is 1. The Labute approximate surface area is 116 Å². The summed E-state index contributed by atoms with van der Waals surface area (Å²) in [6.07, 6.45) is 2.15. The molecule has 0 atom stereocenters. The average molecular weight is 308 g/mol. The van der Waals surface area contributed by atoms with Crippen molar-refractivity contribution in [2.45, 2.75) is 38.6 Å². The highest BCUT2D eigenvalue weighted by atomic mass is 79.9. The molecule has 2 aromatic rings. The summed E-state index contributed by atoms with van der Waals surface area (Å²) in [4.78, 5) is 0. The molecule has 0 spiro atoms. The number of alkyl halides is 1. The molecular weight excluding hydrogens is 290 g/mol. The van der Waals surface area contributed by atoms with Crippen molar-refractivity contribution in [1.82, 2.24) is 14.8 Å². The summed E-state index contributed by atoms with van der Waals surface area (Å²) in [5.74, 6) is 1.96. The van der Waals surface area contributed by atoms with Crippen molar-refractivity contribution in [3.05, 3.63) is 35.7 Å². The third-order valence-corrected chi connectivity index (χ3v) is 3.52. The predicted octanol–water partition coefficient (Wildman–Crippen LogP) is 3.81. The van der Waals surface area contributed by atoms with Crippen molar-refractivity contribution < 1.29 is 0 Å². The maximum atomic E-state index is 4.31. The minimum atomic E-state index is 0.743. The zero-order valence-electron chi connectivity index (χ0n) is 10.9. The fourth-order valence-corrected chi connectivity index (χ4v) is 2.41. The van der Waals surface area contributed by atoms with Crippen LogP contribution in [0.25, 0.3) is 11.4 Å². The normalized spacial score (nSPS) is 10.8. The quantitative estimate of drug-likeness (QED) is 0.786. The van der Waals surface area contributed by atoms with Gasteiger partial charge in [-0.25, -0.2) is 0 Å². The molecule has 0 aliphatic heterocycles. The average Bonchev–Trinajstić information content (AvgIpc) is 2.82. The van der Waals surface area contributed by atoms with Crippen molar-refractivity contribution in [3.8, 4) is 11.4 Å². The van der Waals surface area contributed by atoms with E-state index in [-0.39, 0.29) is 0 Å². The Bertz CT molecular complexity index is 502. The Hall–Kier alpha value is -1.16. The van der Waals surface area contributed by atoms with Gasteiger partial charge in [0, 0.05) is 12.1 Å². The summed E-state index contributed by atoms with van der Waals surface area (Å²) < 4.78 is 2.19. The van der Waals surface area contributed by atoms with Gasteiger partial charge < -0.3 is 4.57 Å². The number of rotatable bonds is 5. The van der Waals surface area contributed by atoms with Gasteiger partial charge in [-0.05, 0) is 18.4 Å². The molecule has 1 heterocycles. The first-order chi connectivity index (χ1) is 8.80. The SMILES string of the molecule is CCCn1c(CBr)nnc1-c1ccc(CC)cc1. The largest absolute Gasteiger partial charge is 0.310 e. The predicted molar refractivity (Wildman–Crippen MR) is 77.8 cm³/mol. The molecule has 0 amide bonds. The standard InChI is InChI=1S/C14H18BrN3/c1-3-9-18-13(10-15)16-17-14(18)12-7-5-11(4-2)6-8-12/h5-8H,3-4,9-10H2,1-2H3. The van der Waals surface area contributed by atoms with Crippen molar-refractivity contribution in [2.24, 2.45) is 0 Å². The number of hydrogen-bond acceptors (Lipinski definition) is 2. The lowest BCUT2D eigenvalue weighted by Gasteiger charge is -2.08. The van der Waals surface area contributed by atoms with E-state index in [9.17, 15) is 0 Å². The summed E-state index contributed by atoms with van der Waals surface area (Å²) in [5, 5.41) is 9.30. The van der Waals surface area contributed by atoms with E-state index in [0.717, 1.165) is 41.9 Å². The summed E-state index contributed by atoms with van der Waals surface area (Å²) >= 11 is 3.46. The van der Waals surface area contributed by atoms with Crippen LogP contribution in [0.15, 0.2) is 24.3 Å². The Balaban J connectivity index is 2.39. The highest BCUT2D eigenvalue weighted by Crippen LogP contribution is 2.20. The molecule has 3 nitrogen and oxygen atoms in total. The van der Waals surface area contributed by atoms with Crippen molar-refractivity contribution in [1.29, 1.82) is 0 Å². The first-order valence-corrected chi connectivity index (χ1v) is 7.49. The van der Waals surface area contributed by atoms with Gasteiger partial charge in [0.05, 0.1) is 5.33 Å². The van der Waals surface area contributed by atoms with E-state index in [1.165, 1.54) is 5.56 Å². The van der Waals surface area contributed by atoms with Crippen LogP contribution in [-0.2, 0) is 18.3 Å². The van der Waals surface area contributed by atoms with Crippen LogP contribution < -0.4 is 0 Å². The molecule has 1 aromatic heterocycles. The van der Waals surface area contributed by atoms with Crippen LogP contribution in [0.4, 0.5) is 0 Å². The van der Waals surface area contributed by atoms with E-state index in [1.54, 1.807) is 0 Å². The van der Waals surface area contributed by atoms with Crippen molar-refractivity contribution in [2.75, 3.05) is 0 Å². The highest BCUT2D eigenvalue weighted by molar-refractivity contribution is 9.08. The maximum Gasteiger partial charge on any atom is 0.163 e. The maximum absolute atomic E-state index is 4.31. The van der Waals surface area contributed by atoms with Crippen LogP contribution in [-0.4, -0.2) is 14.8 Å². The van der Waals surface area contributed by atoms with Gasteiger partial charge in [-0.15, -0.1) is 10.2 Å². The second-order valence-corrected chi connectivity index (χ2v) is 4.84. The van der Waals surface area contributed by atoms with Crippen LogP contribution >= 0.6 is 15.9 Å². The van der Waals surface area contributed by atoms with Crippen molar-refractivity contribution >= 4 is 15.9 Å². The molecule has 1 aromatic carbocycles. The van der Waals surface area contributed by atoms with Crippen LogP contribution in [0.3, 0.4) is 0 Å². The Morgan fingerprint density at radius 3 is 2.39 bits per heavy atom. The van der Waals surface area contributed by atoms with Gasteiger partial charge in [0.2, 0.25) is 0 Å². The zero-order chi connectivity index (χ0) is 13.0. The molecule has 18 heavy (non-hydrogen) atoms. The first-order valence-electron chi connectivity index (χ1n) is 6.37. The van der Waals surface area contributed by atoms with Crippen molar-refractivity contribution in [3.63, 3.8) is 0 Å². The highest BCUT2D eigenvalue weighted by Gasteiger charge is 2.11. The summed E-state index contributed by atoms with van der Waals surface area (Å²) in [6.45, 7) is 5.29. The molecule has 96 valence electrons. The fourth-order valence-electron chi connectivity index (χ4n) is 2.00. The molecule has 2 rings (SSSR count). The lowest BCUT2D eigenvalue weighted by atomic mass is 10.1. The lowest BCUT2D eigenvalue weighted by molar-refractivity contribution is 0.661. The number of hydrogen-bond donors (Lipinski definition) is 0. The minimum Gasteiger partial charge on any atom is -0.310 e. The lowest BCUT2D eigenvalue weighted by Crippen LogP contribution is -2.03. The Morgan fingerprint density at radius 1 is 1.11 bits per heavy atom. The van der Waals surface area contributed by atoms with Crippen LogP contribution in [0.1, 0.15) is 31.7 Å². The molecule has 0 aliphatic carbocycles. The third-order valence-electron chi connectivity index (χ3n) is 3.01. The van der Waals surface area contributed by atoms with Crippen LogP contribution in [0, 0.1) is 0 Å². The summed E-state index contributed by atoms with van der Waals surface area (Å²) in [7, 11) is 0. The van der Waals surface area contributed by atoms with E-state index in [0.29, 0.717) is 0 Å². The fraction of sp³-hybridized carbons (Fsp3) is 0.429. The molecule has 0 bridgehead atoms. The second kappa shape index (κ2) is 6.14.